The Balaban J connectivity index is 1.81. The van der Waals surface area contributed by atoms with Gasteiger partial charge in [-0.1, -0.05) is 88.7 Å². The van der Waals surface area contributed by atoms with Crippen molar-refractivity contribution in [3.63, 3.8) is 0 Å². The van der Waals surface area contributed by atoms with E-state index in [2.05, 4.69) is 140 Å². The Labute approximate surface area is 199 Å². The van der Waals surface area contributed by atoms with Crippen LogP contribution >= 0.6 is 15.9 Å². The average molecular weight is 487 g/mol. The Morgan fingerprint density at radius 2 is 0.909 bits per heavy atom. The van der Waals surface area contributed by atoms with E-state index in [4.69, 9.17) is 0 Å². The second-order valence-corrected chi connectivity index (χ2v) is 9.29. The molecule has 0 aliphatic heterocycles. The molecule has 2 heterocycles. The first kappa shape index (κ1) is 18.7. The fourth-order valence-electron chi connectivity index (χ4n) is 5.21. The number of rotatable bonds is 2. The summed E-state index contributed by atoms with van der Waals surface area (Å²) in [5, 5.41) is 5.04. The highest BCUT2D eigenvalue weighted by Crippen LogP contribution is 2.41. The number of nitrogens with zero attached hydrogens (tertiary/aromatic N) is 2. The largest absolute Gasteiger partial charge is 0.307 e. The van der Waals surface area contributed by atoms with Crippen LogP contribution in [0.4, 0.5) is 0 Å². The normalized spacial score (nSPS) is 11.8. The number of hydrogen-bond acceptors (Lipinski definition) is 0. The summed E-state index contributed by atoms with van der Waals surface area (Å²) >= 11 is 3.71. The molecule has 0 amide bonds. The van der Waals surface area contributed by atoms with Crippen LogP contribution in [0.2, 0.25) is 0 Å². The van der Waals surface area contributed by atoms with Crippen LogP contribution in [-0.4, -0.2) is 9.13 Å². The zero-order chi connectivity index (χ0) is 21.9. The van der Waals surface area contributed by atoms with Gasteiger partial charge in [-0.25, -0.2) is 0 Å². The molecule has 0 saturated carbocycles. The summed E-state index contributed by atoms with van der Waals surface area (Å²) < 4.78 is 5.91. The van der Waals surface area contributed by atoms with Crippen molar-refractivity contribution in [3.05, 3.63) is 120 Å². The van der Waals surface area contributed by atoms with Crippen LogP contribution < -0.4 is 0 Å². The lowest BCUT2D eigenvalue weighted by molar-refractivity contribution is 1.15. The van der Waals surface area contributed by atoms with E-state index in [1.807, 2.05) is 0 Å². The third-order valence-corrected chi connectivity index (χ3v) is 7.05. The van der Waals surface area contributed by atoms with Crippen molar-refractivity contribution in [1.82, 2.24) is 9.13 Å². The fourth-order valence-corrected chi connectivity index (χ4v) is 5.56. The molecule has 156 valence electrons. The third kappa shape index (κ3) is 2.66. The van der Waals surface area contributed by atoms with Crippen LogP contribution in [0, 0.1) is 0 Å². The number of hydrogen-bond donors (Lipinski definition) is 0. The van der Waals surface area contributed by atoms with Crippen molar-refractivity contribution in [3.8, 4) is 11.4 Å². The monoisotopic (exact) mass is 486 g/mol. The molecule has 0 fully saturated rings. The van der Waals surface area contributed by atoms with Gasteiger partial charge in [0.2, 0.25) is 0 Å². The summed E-state index contributed by atoms with van der Waals surface area (Å²) in [4.78, 5) is 0. The smallest absolute Gasteiger partial charge is 0.0788 e. The average Bonchev–Trinajstić information content (AvgIpc) is 3.37. The number of aromatic nitrogens is 2. The first-order valence-electron chi connectivity index (χ1n) is 11.1. The maximum Gasteiger partial charge on any atom is 0.0788 e. The summed E-state index contributed by atoms with van der Waals surface area (Å²) in [5.74, 6) is 0. The molecular formula is C30H19BrN2. The van der Waals surface area contributed by atoms with E-state index in [1.54, 1.807) is 0 Å². The Hall–Kier alpha value is -3.82. The summed E-state index contributed by atoms with van der Waals surface area (Å²) in [6.45, 7) is 0. The molecule has 0 saturated heterocycles. The van der Waals surface area contributed by atoms with Gasteiger partial charge >= 0.3 is 0 Å². The lowest BCUT2D eigenvalue weighted by Crippen LogP contribution is -1.98. The first-order chi connectivity index (χ1) is 16.3. The lowest BCUT2D eigenvalue weighted by atomic mass is 10.1. The van der Waals surface area contributed by atoms with Crippen LogP contribution in [0.5, 0.6) is 0 Å². The van der Waals surface area contributed by atoms with Gasteiger partial charge in [0, 0.05) is 37.4 Å². The maximum atomic E-state index is 3.71. The second kappa shape index (κ2) is 7.09. The molecule has 0 N–H and O–H groups in total. The van der Waals surface area contributed by atoms with E-state index in [0.717, 1.165) is 10.2 Å². The van der Waals surface area contributed by atoms with Gasteiger partial charge in [0.15, 0.2) is 0 Å². The van der Waals surface area contributed by atoms with E-state index in [0.29, 0.717) is 0 Å². The molecule has 3 heteroatoms. The maximum absolute atomic E-state index is 3.71. The topological polar surface area (TPSA) is 9.86 Å². The van der Waals surface area contributed by atoms with Gasteiger partial charge in [-0.2, -0.15) is 0 Å². The second-order valence-electron chi connectivity index (χ2n) is 8.38. The fraction of sp³-hybridized carbons (Fsp3) is 0. The number of para-hydroxylation sites is 3. The minimum Gasteiger partial charge on any atom is -0.307 e. The molecule has 7 aromatic rings. The molecule has 2 aromatic heterocycles. The minimum absolute atomic E-state index is 1.08. The van der Waals surface area contributed by atoms with Gasteiger partial charge in [0.25, 0.3) is 0 Å². The van der Waals surface area contributed by atoms with Gasteiger partial charge in [0.1, 0.15) is 0 Å². The van der Waals surface area contributed by atoms with Crippen molar-refractivity contribution < 1.29 is 0 Å². The van der Waals surface area contributed by atoms with Gasteiger partial charge in [0.05, 0.1) is 22.1 Å². The van der Waals surface area contributed by atoms with Gasteiger partial charge in [-0.15, -0.1) is 0 Å². The molecule has 0 aliphatic carbocycles. The number of benzene rings is 5. The molecule has 0 radical (unpaired) electrons. The highest BCUT2D eigenvalue weighted by atomic mass is 79.9. The van der Waals surface area contributed by atoms with Crippen molar-refractivity contribution in [1.29, 1.82) is 0 Å². The van der Waals surface area contributed by atoms with E-state index in [9.17, 15) is 0 Å². The van der Waals surface area contributed by atoms with E-state index in [1.165, 1.54) is 49.3 Å². The minimum atomic E-state index is 1.08. The van der Waals surface area contributed by atoms with Gasteiger partial charge in [-0.05, 0) is 42.5 Å². The standard InChI is InChI=1S/C30H19BrN2/c31-20-15-16-24-26-18-17-25-23-13-7-8-14-27(23)32(21-9-3-1-4-10-21)29(25)30(26)33(28(24)19-20)22-11-5-2-6-12-22/h1-19H. The molecule has 2 nitrogen and oxygen atoms in total. The van der Waals surface area contributed by atoms with Crippen LogP contribution in [-0.2, 0) is 0 Å². The van der Waals surface area contributed by atoms with Gasteiger partial charge in [-0.3, -0.25) is 0 Å². The Bertz CT molecular complexity index is 1810. The van der Waals surface area contributed by atoms with E-state index in [-0.39, 0.29) is 0 Å². The molecule has 0 unspecified atom stereocenters. The van der Waals surface area contributed by atoms with Crippen molar-refractivity contribution in [2.45, 2.75) is 0 Å². The molecular weight excluding hydrogens is 468 g/mol. The van der Waals surface area contributed by atoms with Crippen molar-refractivity contribution in [2.24, 2.45) is 0 Å². The molecule has 7 rings (SSSR count). The van der Waals surface area contributed by atoms with Gasteiger partial charge < -0.3 is 9.13 Å². The predicted molar refractivity (Wildman–Crippen MR) is 143 cm³/mol. The molecule has 0 aliphatic rings. The Kier molecular flexibility index (Phi) is 4.02. The summed E-state index contributed by atoms with van der Waals surface area (Å²) in [5.41, 5.74) is 7.21. The molecule has 5 aromatic carbocycles. The zero-order valence-electron chi connectivity index (χ0n) is 17.7. The van der Waals surface area contributed by atoms with Crippen LogP contribution in [0.25, 0.3) is 55.0 Å². The highest BCUT2D eigenvalue weighted by molar-refractivity contribution is 9.10. The summed E-state index contributed by atoms with van der Waals surface area (Å²) in [7, 11) is 0. The third-order valence-electron chi connectivity index (χ3n) is 6.55. The molecule has 0 spiro atoms. The summed E-state index contributed by atoms with van der Waals surface area (Å²) in [6.07, 6.45) is 0. The summed E-state index contributed by atoms with van der Waals surface area (Å²) in [6, 6.07) is 41.2. The lowest BCUT2D eigenvalue weighted by Gasteiger charge is -2.12. The van der Waals surface area contributed by atoms with Crippen LogP contribution in [0.3, 0.4) is 0 Å². The SMILES string of the molecule is Brc1ccc2c3ccc4c5ccccc5n(-c5ccccc5)c4c3n(-c3ccccc3)c2c1. The Morgan fingerprint density at radius 1 is 0.424 bits per heavy atom. The number of halogens is 1. The van der Waals surface area contributed by atoms with E-state index >= 15 is 0 Å². The highest BCUT2D eigenvalue weighted by Gasteiger charge is 2.20. The number of fused-ring (bicyclic) bond motifs is 7. The zero-order valence-corrected chi connectivity index (χ0v) is 19.3. The van der Waals surface area contributed by atoms with E-state index < -0.39 is 0 Å². The molecule has 33 heavy (non-hydrogen) atoms. The van der Waals surface area contributed by atoms with Crippen LogP contribution in [0.1, 0.15) is 0 Å². The van der Waals surface area contributed by atoms with Crippen molar-refractivity contribution >= 4 is 59.5 Å². The molecule has 0 bridgehead atoms. The molecule has 0 atom stereocenters. The predicted octanol–water partition coefficient (Wildman–Crippen LogP) is 8.64. The van der Waals surface area contributed by atoms with Crippen molar-refractivity contribution in [2.75, 3.05) is 0 Å². The Morgan fingerprint density at radius 3 is 1.55 bits per heavy atom. The quantitative estimate of drug-likeness (QED) is 0.231. The van der Waals surface area contributed by atoms with Crippen LogP contribution in [0.15, 0.2) is 120 Å². The first-order valence-corrected chi connectivity index (χ1v) is 11.9.